The Balaban J connectivity index is 1.64. The van der Waals surface area contributed by atoms with Gasteiger partial charge in [-0.1, -0.05) is 34.1 Å². The minimum absolute atomic E-state index is 0.522. The second kappa shape index (κ2) is 4.76. The van der Waals surface area contributed by atoms with E-state index in [9.17, 15) is 0 Å². The van der Waals surface area contributed by atoms with Crippen LogP contribution in [0.15, 0.2) is 0 Å². The normalized spacial score (nSPS) is 48.6. The van der Waals surface area contributed by atoms with E-state index in [-0.39, 0.29) is 0 Å². The summed E-state index contributed by atoms with van der Waals surface area (Å²) in [6, 6.07) is 1.57. The molecule has 0 aromatic rings. The number of hydrogen-bond acceptors (Lipinski definition) is 1. The Kier molecular flexibility index (Phi) is 3.48. The molecule has 0 aromatic carbocycles. The maximum absolute atomic E-state index is 4.12. The lowest BCUT2D eigenvalue weighted by Crippen LogP contribution is -2.54. The van der Waals surface area contributed by atoms with Gasteiger partial charge in [0.1, 0.15) is 0 Å². The Labute approximate surface area is 119 Å². The molecule has 0 amide bonds. The van der Waals surface area contributed by atoms with E-state index in [0.29, 0.717) is 10.8 Å². The zero-order valence-electron chi connectivity index (χ0n) is 13.5. The summed E-state index contributed by atoms with van der Waals surface area (Å²) in [6.07, 6.45) is 11.6. The molecule has 3 fully saturated rings. The standard InChI is InChI=1S/C18H33N/c1-5-13-6-8-15(9-7-13)19-16-17(2,3)14-10-11-18(16,4)12-14/h13-16,19H,5-12H2,1-4H3/t13?,14-,15?,16?,18+/m0/s1. The molecule has 3 aliphatic carbocycles. The van der Waals surface area contributed by atoms with Crippen LogP contribution in [-0.2, 0) is 0 Å². The predicted molar refractivity (Wildman–Crippen MR) is 82.2 cm³/mol. The first-order chi connectivity index (χ1) is 8.95. The van der Waals surface area contributed by atoms with Gasteiger partial charge in [-0.05, 0) is 67.6 Å². The van der Waals surface area contributed by atoms with E-state index in [1.807, 2.05) is 0 Å². The third kappa shape index (κ3) is 2.26. The van der Waals surface area contributed by atoms with Gasteiger partial charge >= 0.3 is 0 Å². The number of hydrogen-bond donors (Lipinski definition) is 1. The fourth-order valence-corrected chi connectivity index (χ4v) is 5.69. The first-order valence-corrected chi connectivity index (χ1v) is 8.72. The molecule has 19 heavy (non-hydrogen) atoms. The fourth-order valence-electron chi connectivity index (χ4n) is 5.69. The van der Waals surface area contributed by atoms with E-state index in [2.05, 4.69) is 33.0 Å². The molecule has 3 rings (SSSR count). The third-order valence-electron chi connectivity index (χ3n) is 7.10. The van der Waals surface area contributed by atoms with Crippen LogP contribution in [0, 0.1) is 22.7 Å². The molecule has 0 heterocycles. The van der Waals surface area contributed by atoms with E-state index >= 15 is 0 Å². The van der Waals surface area contributed by atoms with Crippen LogP contribution in [0.3, 0.4) is 0 Å². The molecule has 0 aliphatic heterocycles. The van der Waals surface area contributed by atoms with Crippen molar-refractivity contribution in [3.8, 4) is 0 Å². The first kappa shape index (κ1) is 13.9. The summed E-state index contributed by atoms with van der Waals surface area (Å²) in [5, 5.41) is 4.12. The molecule has 1 heteroatoms. The van der Waals surface area contributed by atoms with Crippen LogP contribution in [0.1, 0.15) is 79.1 Å². The molecule has 1 N–H and O–H groups in total. The first-order valence-electron chi connectivity index (χ1n) is 8.72. The van der Waals surface area contributed by atoms with Crippen molar-refractivity contribution in [3.05, 3.63) is 0 Å². The quantitative estimate of drug-likeness (QED) is 0.774. The molecule has 110 valence electrons. The summed E-state index contributed by atoms with van der Waals surface area (Å²) in [4.78, 5) is 0. The smallest absolute Gasteiger partial charge is 0.0177 e. The highest BCUT2D eigenvalue weighted by molar-refractivity contribution is 5.12. The van der Waals surface area contributed by atoms with Crippen molar-refractivity contribution in [2.45, 2.75) is 91.1 Å². The summed E-state index contributed by atoms with van der Waals surface area (Å²) in [6.45, 7) is 9.96. The number of nitrogens with one attached hydrogen (secondary N) is 1. The highest BCUT2D eigenvalue weighted by Gasteiger charge is 2.59. The Morgan fingerprint density at radius 2 is 1.68 bits per heavy atom. The van der Waals surface area contributed by atoms with Crippen LogP contribution in [0.2, 0.25) is 0 Å². The molecule has 3 saturated carbocycles. The lowest BCUT2D eigenvalue weighted by Gasteiger charge is -2.46. The van der Waals surface area contributed by atoms with Crippen LogP contribution in [-0.4, -0.2) is 12.1 Å². The third-order valence-corrected chi connectivity index (χ3v) is 7.10. The SMILES string of the molecule is CCC1CCC(NC2C(C)(C)[C@H]3CC[C@]2(C)C3)CC1. The Hall–Kier alpha value is -0.0400. The summed E-state index contributed by atoms with van der Waals surface area (Å²) in [5.41, 5.74) is 1.12. The van der Waals surface area contributed by atoms with Gasteiger partial charge in [0.25, 0.3) is 0 Å². The second-order valence-electron chi connectivity index (χ2n) is 8.64. The van der Waals surface area contributed by atoms with E-state index in [1.165, 1.54) is 51.4 Å². The van der Waals surface area contributed by atoms with Crippen LogP contribution in [0.4, 0.5) is 0 Å². The predicted octanol–water partition coefficient (Wildman–Crippen LogP) is 4.76. The highest BCUT2D eigenvalue weighted by atomic mass is 15.0. The Bertz CT molecular complexity index is 322. The maximum atomic E-state index is 4.12. The van der Waals surface area contributed by atoms with Gasteiger partial charge in [-0.2, -0.15) is 0 Å². The van der Waals surface area contributed by atoms with Crippen molar-refractivity contribution in [2.24, 2.45) is 22.7 Å². The maximum Gasteiger partial charge on any atom is 0.0177 e. The highest BCUT2D eigenvalue weighted by Crippen LogP contribution is 2.62. The van der Waals surface area contributed by atoms with Crippen molar-refractivity contribution in [1.29, 1.82) is 0 Å². The van der Waals surface area contributed by atoms with Crippen LogP contribution in [0.25, 0.3) is 0 Å². The van der Waals surface area contributed by atoms with E-state index in [0.717, 1.165) is 23.9 Å². The molecule has 3 atom stereocenters. The molecule has 3 aliphatic rings. The molecular formula is C18H33N. The van der Waals surface area contributed by atoms with Crippen molar-refractivity contribution in [2.75, 3.05) is 0 Å². The van der Waals surface area contributed by atoms with E-state index in [1.54, 1.807) is 0 Å². The van der Waals surface area contributed by atoms with E-state index < -0.39 is 0 Å². The van der Waals surface area contributed by atoms with Crippen LogP contribution >= 0.6 is 0 Å². The zero-order chi connectivity index (χ0) is 13.7. The lowest BCUT2D eigenvalue weighted by atomic mass is 9.68. The van der Waals surface area contributed by atoms with Crippen molar-refractivity contribution >= 4 is 0 Å². The van der Waals surface area contributed by atoms with Crippen LogP contribution in [0.5, 0.6) is 0 Å². The largest absolute Gasteiger partial charge is 0.310 e. The second-order valence-corrected chi connectivity index (χ2v) is 8.64. The Morgan fingerprint density at radius 3 is 2.21 bits per heavy atom. The average molecular weight is 263 g/mol. The van der Waals surface area contributed by atoms with Crippen LogP contribution < -0.4 is 5.32 Å². The molecule has 1 unspecified atom stereocenters. The number of fused-ring (bicyclic) bond motifs is 2. The van der Waals surface area contributed by atoms with Crippen molar-refractivity contribution < 1.29 is 0 Å². The molecule has 0 spiro atoms. The fraction of sp³-hybridized carbons (Fsp3) is 1.00. The minimum atomic E-state index is 0.522. The zero-order valence-corrected chi connectivity index (χ0v) is 13.5. The van der Waals surface area contributed by atoms with Crippen molar-refractivity contribution in [3.63, 3.8) is 0 Å². The summed E-state index contributed by atoms with van der Waals surface area (Å²) < 4.78 is 0. The topological polar surface area (TPSA) is 12.0 Å². The Morgan fingerprint density at radius 1 is 1.00 bits per heavy atom. The van der Waals surface area contributed by atoms with Gasteiger partial charge < -0.3 is 5.32 Å². The molecule has 2 bridgehead atoms. The van der Waals surface area contributed by atoms with Gasteiger partial charge in [0.05, 0.1) is 0 Å². The van der Waals surface area contributed by atoms with Gasteiger partial charge in [-0.25, -0.2) is 0 Å². The van der Waals surface area contributed by atoms with Gasteiger partial charge in [-0.15, -0.1) is 0 Å². The molecule has 0 radical (unpaired) electrons. The average Bonchev–Trinajstić information content (AvgIpc) is 2.87. The lowest BCUT2D eigenvalue weighted by molar-refractivity contribution is 0.0889. The summed E-state index contributed by atoms with van der Waals surface area (Å²) >= 11 is 0. The number of rotatable bonds is 3. The van der Waals surface area contributed by atoms with Gasteiger partial charge in [0, 0.05) is 12.1 Å². The monoisotopic (exact) mass is 263 g/mol. The molecule has 0 saturated heterocycles. The summed E-state index contributed by atoms with van der Waals surface area (Å²) in [5.74, 6) is 1.99. The summed E-state index contributed by atoms with van der Waals surface area (Å²) in [7, 11) is 0. The van der Waals surface area contributed by atoms with Crippen molar-refractivity contribution in [1.82, 2.24) is 5.32 Å². The molecule has 0 aromatic heterocycles. The van der Waals surface area contributed by atoms with Gasteiger partial charge in [-0.3, -0.25) is 0 Å². The van der Waals surface area contributed by atoms with Gasteiger partial charge in [0.15, 0.2) is 0 Å². The minimum Gasteiger partial charge on any atom is -0.310 e. The van der Waals surface area contributed by atoms with Gasteiger partial charge in [0.2, 0.25) is 0 Å². The molecular weight excluding hydrogens is 230 g/mol. The molecule has 1 nitrogen and oxygen atoms in total. The van der Waals surface area contributed by atoms with E-state index in [4.69, 9.17) is 0 Å².